The standard InChI is InChI=1S/C20H28F3N3O3/c1-13(2)4-5-14(3)24-19(27)15-8-10-25(11-9-15)17-7-6-16(20(21,22)23)12-18(17)26(28)29/h6-7,12-15H,4-5,8-11H2,1-3H3,(H,24,27). The van der Waals surface area contributed by atoms with Crippen LogP contribution in [0.25, 0.3) is 0 Å². The number of benzene rings is 1. The Morgan fingerprint density at radius 2 is 1.86 bits per heavy atom. The number of nitro groups is 1. The van der Waals surface area contributed by atoms with E-state index in [-0.39, 0.29) is 23.6 Å². The van der Waals surface area contributed by atoms with Gasteiger partial charge in [-0.1, -0.05) is 13.8 Å². The van der Waals surface area contributed by atoms with Gasteiger partial charge in [-0.25, -0.2) is 0 Å². The normalized spacial score (nSPS) is 16.7. The first-order valence-electron chi connectivity index (χ1n) is 9.90. The third-order valence-corrected chi connectivity index (χ3v) is 5.27. The number of nitrogens with zero attached hydrogens (tertiary/aromatic N) is 2. The number of halogens is 3. The van der Waals surface area contributed by atoms with E-state index >= 15 is 0 Å². The van der Waals surface area contributed by atoms with Crippen LogP contribution in [0.15, 0.2) is 18.2 Å². The molecule has 162 valence electrons. The highest BCUT2D eigenvalue weighted by atomic mass is 19.4. The van der Waals surface area contributed by atoms with Crippen molar-refractivity contribution in [2.24, 2.45) is 11.8 Å². The maximum absolute atomic E-state index is 12.9. The molecule has 1 aliphatic rings. The summed E-state index contributed by atoms with van der Waals surface area (Å²) in [6.45, 7) is 6.99. The zero-order chi connectivity index (χ0) is 21.8. The molecule has 1 atom stereocenters. The Kier molecular flexibility index (Phi) is 7.48. The van der Waals surface area contributed by atoms with E-state index < -0.39 is 22.4 Å². The van der Waals surface area contributed by atoms with Gasteiger partial charge < -0.3 is 10.2 Å². The van der Waals surface area contributed by atoms with Crippen LogP contribution in [-0.4, -0.2) is 30.0 Å². The van der Waals surface area contributed by atoms with Gasteiger partial charge in [-0.05, 0) is 50.7 Å². The van der Waals surface area contributed by atoms with Crippen LogP contribution in [0, 0.1) is 22.0 Å². The second kappa shape index (κ2) is 9.45. The van der Waals surface area contributed by atoms with Crippen LogP contribution >= 0.6 is 0 Å². The van der Waals surface area contributed by atoms with E-state index in [9.17, 15) is 28.1 Å². The van der Waals surface area contributed by atoms with E-state index in [2.05, 4.69) is 19.2 Å². The van der Waals surface area contributed by atoms with Crippen molar-refractivity contribution in [3.05, 3.63) is 33.9 Å². The summed E-state index contributed by atoms with van der Waals surface area (Å²) in [5.41, 5.74) is -1.45. The fourth-order valence-corrected chi connectivity index (χ4v) is 3.51. The van der Waals surface area contributed by atoms with E-state index in [0.717, 1.165) is 25.0 Å². The molecule has 0 aliphatic carbocycles. The second-order valence-electron chi connectivity index (χ2n) is 8.10. The average Bonchev–Trinajstić information content (AvgIpc) is 2.65. The van der Waals surface area contributed by atoms with E-state index in [0.29, 0.717) is 37.9 Å². The topological polar surface area (TPSA) is 75.5 Å². The number of amides is 1. The molecule has 6 nitrogen and oxygen atoms in total. The number of alkyl halides is 3. The van der Waals surface area contributed by atoms with Crippen molar-refractivity contribution in [2.75, 3.05) is 18.0 Å². The summed E-state index contributed by atoms with van der Waals surface area (Å²) < 4.78 is 38.6. The lowest BCUT2D eigenvalue weighted by molar-refractivity contribution is -0.384. The van der Waals surface area contributed by atoms with Crippen molar-refractivity contribution in [1.82, 2.24) is 5.32 Å². The van der Waals surface area contributed by atoms with Crippen LogP contribution in [0.2, 0.25) is 0 Å². The molecule has 9 heteroatoms. The largest absolute Gasteiger partial charge is 0.416 e. The summed E-state index contributed by atoms with van der Waals surface area (Å²) >= 11 is 0. The van der Waals surface area contributed by atoms with Crippen molar-refractivity contribution in [1.29, 1.82) is 0 Å². The predicted octanol–water partition coefficient (Wildman–Crippen LogP) is 4.77. The summed E-state index contributed by atoms with van der Waals surface area (Å²) in [6.07, 6.45) is -1.71. The number of nitrogens with one attached hydrogen (secondary N) is 1. The lowest BCUT2D eigenvalue weighted by atomic mass is 9.94. The third kappa shape index (κ3) is 6.33. The Hall–Kier alpha value is -2.32. The summed E-state index contributed by atoms with van der Waals surface area (Å²) in [6, 6.07) is 2.66. The Labute approximate surface area is 168 Å². The number of carbonyl (C=O) groups excluding carboxylic acids is 1. The second-order valence-corrected chi connectivity index (χ2v) is 8.10. The lowest BCUT2D eigenvalue weighted by Gasteiger charge is -2.33. The fraction of sp³-hybridized carbons (Fsp3) is 0.650. The summed E-state index contributed by atoms with van der Waals surface area (Å²) in [5.74, 6) is 0.348. The SMILES string of the molecule is CC(C)CCC(C)NC(=O)C1CCN(c2ccc(C(F)(F)F)cc2[N+](=O)[O-])CC1. The number of piperidine rings is 1. The van der Waals surface area contributed by atoms with Gasteiger partial charge in [0, 0.05) is 31.1 Å². The Morgan fingerprint density at radius 3 is 2.38 bits per heavy atom. The van der Waals surface area contributed by atoms with Crippen molar-refractivity contribution in [2.45, 2.75) is 58.7 Å². The van der Waals surface area contributed by atoms with Crippen LogP contribution in [0.5, 0.6) is 0 Å². The van der Waals surface area contributed by atoms with E-state index in [4.69, 9.17) is 0 Å². The van der Waals surface area contributed by atoms with Crippen molar-refractivity contribution < 1.29 is 22.9 Å². The van der Waals surface area contributed by atoms with Gasteiger partial charge in [-0.15, -0.1) is 0 Å². The molecule has 1 saturated heterocycles. The quantitative estimate of drug-likeness (QED) is 0.514. The molecule has 1 aliphatic heterocycles. The fourth-order valence-electron chi connectivity index (χ4n) is 3.51. The molecule has 1 aromatic carbocycles. The van der Waals surface area contributed by atoms with Gasteiger partial charge in [0.25, 0.3) is 5.69 Å². The van der Waals surface area contributed by atoms with Gasteiger partial charge >= 0.3 is 6.18 Å². The molecule has 2 rings (SSSR count). The highest BCUT2D eigenvalue weighted by Gasteiger charge is 2.35. The number of anilines is 1. The van der Waals surface area contributed by atoms with Gasteiger partial charge in [0.05, 0.1) is 10.5 Å². The molecule has 1 N–H and O–H groups in total. The van der Waals surface area contributed by atoms with Crippen LogP contribution in [-0.2, 0) is 11.0 Å². The Balaban J connectivity index is 2.00. The lowest BCUT2D eigenvalue weighted by Crippen LogP contribution is -2.43. The highest BCUT2D eigenvalue weighted by molar-refractivity contribution is 5.79. The van der Waals surface area contributed by atoms with Crippen molar-refractivity contribution >= 4 is 17.3 Å². The number of nitro benzene ring substituents is 1. The molecule has 1 amide bonds. The third-order valence-electron chi connectivity index (χ3n) is 5.27. The van der Waals surface area contributed by atoms with Gasteiger partial charge in [-0.2, -0.15) is 13.2 Å². The van der Waals surface area contributed by atoms with Gasteiger partial charge in [0.2, 0.25) is 5.91 Å². The maximum Gasteiger partial charge on any atom is 0.416 e. The average molecular weight is 415 g/mol. The molecule has 0 bridgehead atoms. The number of hydrogen-bond donors (Lipinski definition) is 1. The molecular formula is C20H28F3N3O3. The first-order chi connectivity index (χ1) is 13.5. The summed E-state index contributed by atoms with van der Waals surface area (Å²) in [5, 5.41) is 14.3. The van der Waals surface area contributed by atoms with Crippen LogP contribution < -0.4 is 10.2 Å². The zero-order valence-electron chi connectivity index (χ0n) is 17.0. The monoisotopic (exact) mass is 415 g/mol. The highest BCUT2D eigenvalue weighted by Crippen LogP contribution is 2.37. The molecule has 0 aromatic heterocycles. The van der Waals surface area contributed by atoms with Gasteiger partial charge in [-0.3, -0.25) is 14.9 Å². The molecule has 0 radical (unpaired) electrons. The molecule has 1 unspecified atom stereocenters. The zero-order valence-corrected chi connectivity index (χ0v) is 17.0. The van der Waals surface area contributed by atoms with Gasteiger partial charge in [0.1, 0.15) is 5.69 Å². The minimum atomic E-state index is -4.64. The van der Waals surface area contributed by atoms with Crippen molar-refractivity contribution in [3.63, 3.8) is 0 Å². The molecule has 0 spiro atoms. The minimum absolute atomic E-state index is 0.0252. The van der Waals surface area contributed by atoms with E-state index in [1.54, 1.807) is 4.90 Å². The molecule has 1 heterocycles. The van der Waals surface area contributed by atoms with E-state index in [1.165, 1.54) is 0 Å². The smallest absolute Gasteiger partial charge is 0.366 e. The molecule has 1 aromatic rings. The van der Waals surface area contributed by atoms with Crippen LogP contribution in [0.3, 0.4) is 0 Å². The molecule has 0 saturated carbocycles. The summed E-state index contributed by atoms with van der Waals surface area (Å²) in [4.78, 5) is 24.7. The van der Waals surface area contributed by atoms with Gasteiger partial charge in [0.15, 0.2) is 0 Å². The van der Waals surface area contributed by atoms with Crippen molar-refractivity contribution in [3.8, 4) is 0 Å². The van der Waals surface area contributed by atoms with Crippen LogP contribution in [0.4, 0.5) is 24.5 Å². The number of rotatable bonds is 7. The molecule has 29 heavy (non-hydrogen) atoms. The Morgan fingerprint density at radius 1 is 1.24 bits per heavy atom. The predicted molar refractivity (Wildman–Crippen MR) is 105 cm³/mol. The first-order valence-corrected chi connectivity index (χ1v) is 9.90. The van der Waals surface area contributed by atoms with Crippen LogP contribution in [0.1, 0.15) is 52.0 Å². The van der Waals surface area contributed by atoms with E-state index in [1.807, 2.05) is 6.92 Å². The number of carbonyl (C=O) groups is 1. The Bertz CT molecular complexity index is 729. The number of hydrogen-bond acceptors (Lipinski definition) is 4. The first kappa shape index (κ1) is 23.0. The minimum Gasteiger partial charge on any atom is -0.366 e. The molecule has 1 fully saturated rings. The summed E-state index contributed by atoms with van der Waals surface area (Å²) in [7, 11) is 0. The molecular weight excluding hydrogens is 387 g/mol. The maximum atomic E-state index is 12.9.